The van der Waals surface area contributed by atoms with Crippen LogP contribution in [0.2, 0.25) is 0 Å². The zero-order valence-electron chi connectivity index (χ0n) is 11.8. The fourth-order valence-corrected chi connectivity index (χ4v) is 3.41. The number of ether oxygens (including phenoxy) is 2. The van der Waals surface area contributed by atoms with E-state index >= 15 is 0 Å². The average Bonchev–Trinajstić information content (AvgIpc) is 2.84. The van der Waals surface area contributed by atoms with Crippen molar-refractivity contribution in [3.8, 4) is 5.75 Å². The van der Waals surface area contributed by atoms with Crippen molar-refractivity contribution >= 4 is 17.7 Å². The summed E-state index contributed by atoms with van der Waals surface area (Å²) >= 11 is 1.65. The number of hydrogen-bond donors (Lipinski definition) is 0. The molecule has 0 bridgehead atoms. The lowest BCUT2D eigenvalue weighted by Crippen LogP contribution is -2.49. The van der Waals surface area contributed by atoms with E-state index in [1.165, 1.54) is 11.1 Å². The lowest BCUT2D eigenvalue weighted by molar-refractivity contribution is -0.155. The zero-order valence-corrected chi connectivity index (χ0v) is 12.6. The van der Waals surface area contributed by atoms with Crippen LogP contribution in [0, 0.1) is 0 Å². The second kappa shape index (κ2) is 5.66. The number of thioether (sulfide) groups is 1. The highest BCUT2D eigenvalue weighted by Gasteiger charge is 2.43. The highest BCUT2D eigenvalue weighted by Crippen LogP contribution is 2.43. The molecule has 2 aliphatic rings. The van der Waals surface area contributed by atoms with Crippen molar-refractivity contribution in [2.24, 2.45) is 0 Å². The summed E-state index contributed by atoms with van der Waals surface area (Å²) in [4.78, 5) is 13.9. The third-order valence-corrected chi connectivity index (χ3v) is 4.37. The minimum absolute atomic E-state index is 0.000444. The van der Waals surface area contributed by atoms with Gasteiger partial charge < -0.3 is 14.4 Å². The van der Waals surface area contributed by atoms with Gasteiger partial charge in [0.1, 0.15) is 24.4 Å². The molecule has 0 radical (unpaired) electrons. The van der Waals surface area contributed by atoms with Gasteiger partial charge in [0.25, 0.3) is 0 Å². The van der Waals surface area contributed by atoms with Gasteiger partial charge in [0, 0.05) is 12.1 Å². The molecule has 108 valence electrons. The Balaban J connectivity index is 1.91. The number of likely N-dealkylation sites (N-methyl/N-ethyl adjacent to an activating group) is 1. The van der Waals surface area contributed by atoms with Crippen LogP contribution in [-0.4, -0.2) is 42.2 Å². The summed E-state index contributed by atoms with van der Waals surface area (Å²) in [5, 5.41) is 0. The van der Waals surface area contributed by atoms with Crippen LogP contribution in [0.5, 0.6) is 5.75 Å². The Morgan fingerprint density at radius 1 is 1.50 bits per heavy atom. The molecule has 1 heterocycles. The van der Waals surface area contributed by atoms with Gasteiger partial charge in [-0.1, -0.05) is 12.1 Å². The molecule has 0 aromatic heterocycles. The molecule has 0 N–H and O–H groups in total. The quantitative estimate of drug-likeness (QED) is 0.798. The molecule has 20 heavy (non-hydrogen) atoms. The third-order valence-electron chi connectivity index (χ3n) is 4.02. The van der Waals surface area contributed by atoms with Crippen LogP contribution >= 0.6 is 11.8 Å². The standard InChI is InChI=1S/C15H19NO3S/c1-3-16-12-7-11-10(15(12)18-8-14(16)17)5-4-6-13(11)19-9-20-2/h4-6,12,15H,3,7-9H2,1-2H3/t12-,15-/m1/s1. The van der Waals surface area contributed by atoms with Crippen LogP contribution < -0.4 is 4.74 Å². The summed E-state index contributed by atoms with van der Waals surface area (Å²) < 4.78 is 11.6. The second-order valence-electron chi connectivity index (χ2n) is 5.06. The minimum atomic E-state index is 0.000444. The predicted octanol–water partition coefficient (Wildman–Crippen LogP) is 2.23. The molecule has 1 saturated heterocycles. The number of hydrogen-bond acceptors (Lipinski definition) is 4. The number of fused-ring (bicyclic) bond motifs is 3. The van der Waals surface area contributed by atoms with Crippen LogP contribution in [0.1, 0.15) is 24.2 Å². The Morgan fingerprint density at radius 2 is 2.35 bits per heavy atom. The van der Waals surface area contributed by atoms with Crippen LogP contribution in [-0.2, 0) is 16.0 Å². The third kappa shape index (κ3) is 2.19. The molecule has 3 rings (SSSR count). The molecule has 1 aromatic carbocycles. The minimum Gasteiger partial charge on any atom is -0.483 e. The van der Waals surface area contributed by atoms with Gasteiger partial charge >= 0.3 is 0 Å². The molecule has 1 fully saturated rings. The number of carbonyl (C=O) groups excluding carboxylic acids is 1. The summed E-state index contributed by atoms with van der Waals surface area (Å²) in [5.74, 6) is 1.66. The predicted molar refractivity (Wildman–Crippen MR) is 79.0 cm³/mol. The summed E-state index contributed by atoms with van der Waals surface area (Å²) in [6, 6.07) is 6.22. The Bertz CT molecular complexity index is 520. The van der Waals surface area contributed by atoms with Crippen LogP contribution in [0.4, 0.5) is 0 Å². The maximum Gasteiger partial charge on any atom is 0.248 e. The van der Waals surface area contributed by atoms with Crippen molar-refractivity contribution in [2.45, 2.75) is 25.5 Å². The highest BCUT2D eigenvalue weighted by atomic mass is 32.2. The van der Waals surface area contributed by atoms with Gasteiger partial charge in [-0.05, 0) is 31.2 Å². The molecule has 4 nitrogen and oxygen atoms in total. The van der Waals surface area contributed by atoms with Gasteiger partial charge in [-0.3, -0.25) is 4.79 Å². The smallest absolute Gasteiger partial charge is 0.248 e. The van der Waals surface area contributed by atoms with Crippen LogP contribution in [0.15, 0.2) is 18.2 Å². The van der Waals surface area contributed by atoms with Crippen molar-refractivity contribution in [2.75, 3.05) is 25.3 Å². The first-order chi connectivity index (χ1) is 9.76. The van der Waals surface area contributed by atoms with Crippen molar-refractivity contribution in [1.29, 1.82) is 0 Å². The van der Waals surface area contributed by atoms with Crippen LogP contribution in [0.25, 0.3) is 0 Å². The molecule has 1 aliphatic heterocycles. The van der Waals surface area contributed by atoms with E-state index in [4.69, 9.17) is 9.47 Å². The molecular formula is C15H19NO3S. The van der Waals surface area contributed by atoms with E-state index in [-0.39, 0.29) is 24.7 Å². The number of benzene rings is 1. The molecule has 0 spiro atoms. The maximum atomic E-state index is 11.9. The number of carbonyl (C=O) groups is 1. The van der Waals surface area contributed by atoms with Crippen LogP contribution in [0.3, 0.4) is 0 Å². The zero-order chi connectivity index (χ0) is 14.1. The Labute approximate surface area is 123 Å². The number of morpholine rings is 1. The first kappa shape index (κ1) is 13.8. The van der Waals surface area contributed by atoms with E-state index in [9.17, 15) is 4.79 Å². The van der Waals surface area contributed by atoms with Gasteiger partial charge in [0.15, 0.2) is 0 Å². The summed E-state index contributed by atoms with van der Waals surface area (Å²) in [6.07, 6.45) is 2.84. The molecule has 1 aliphatic carbocycles. The molecule has 1 amide bonds. The monoisotopic (exact) mass is 293 g/mol. The fraction of sp³-hybridized carbons (Fsp3) is 0.533. The average molecular weight is 293 g/mol. The van der Waals surface area contributed by atoms with Gasteiger partial charge in [-0.15, -0.1) is 11.8 Å². The maximum absolute atomic E-state index is 11.9. The second-order valence-corrected chi connectivity index (χ2v) is 5.87. The van der Waals surface area contributed by atoms with E-state index in [0.717, 1.165) is 18.7 Å². The SMILES string of the molecule is CCN1C(=O)CO[C@@H]2c3cccc(OCSC)c3C[C@H]21. The van der Waals surface area contributed by atoms with Crippen molar-refractivity contribution in [3.05, 3.63) is 29.3 Å². The largest absolute Gasteiger partial charge is 0.483 e. The van der Waals surface area contributed by atoms with Gasteiger partial charge in [-0.25, -0.2) is 0 Å². The topological polar surface area (TPSA) is 38.8 Å². The number of amides is 1. The summed E-state index contributed by atoms with van der Waals surface area (Å²) in [7, 11) is 0. The first-order valence-electron chi connectivity index (χ1n) is 6.90. The molecule has 0 unspecified atom stereocenters. The van der Waals surface area contributed by atoms with E-state index < -0.39 is 0 Å². The van der Waals surface area contributed by atoms with Gasteiger partial charge in [-0.2, -0.15) is 0 Å². The number of rotatable bonds is 4. The van der Waals surface area contributed by atoms with Crippen molar-refractivity contribution in [3.63, 3.8) is 0 Å². The Hall–Kier alpha value is -1.20. The highest BCUT2D eigenvalue weighted by molar-refractivity contribution is 7.98. The first-order valence-corrected chi connectivity index (χ1v) is 8.30. The molecular weight excluding hydrogens is 274 g/mol. The molecule has 0 saturated carbocycles. The van der Waals surface area contributed by atoms with E-state index in [0.29, 0.717) is 5.94 Å². The molecule has 2 atom stereocenters. The van der Waals surface area contributed by atoms with E-state index in [1.54, 1.807) is 11.8 Å². The lowest BCUT2D eigenvalue weighted by Gasteiger charge is -2.36. The Kier molecular flexibility index (Phi) is 3.89. The fourth-order valence-electron chi connectivity index (χ4n) is 3.16. The number of nitrogens with zero attached hydrogens (tertiary/aromatic N) is 1. The van der Waals surface area contributed by atoms with Gasteiger partial charge in [0.2, 0.25) is 5.91 Å². The van der Waals surface area contributed by atoms with Crippen molar-refractivity contribution < 1.29 is 14.3 Å². The summed E-state index contributed by atoms with van der Waals surface area (Å²) in [5.41, 5.74) is 2.38. The van der Waals surface area contributed by atoms with Crippen molar-refractivity contribution in [1.82, 2.24) is 4.90 Å². The van der Waals surface area contributed by atoms with E-state index in [2.05, 4.69) is 6.07 Å². The Morgan fingerprint density at radius 3 is 3.10 bits per heavy atom. The molecule has 5 heteroatoms. The molecule has 1 aromatic rings. The van der Waals surface area contributed by atoms with E-state index in [1.807, 2.05) is 30.2 Å². The lowest BCUT2D eigenvalue weighted by atomic mass is 10.1. The normalized spacial score (nSPS) is 24.5. The summed E-state index contributed by atoms with van der Waals surface area (Å²) in [6.45, 7) is 2.94. The van der Waals surface area contributed by atoms with Gasteiger partial charge in [0.05, 0.1) is 6.04 Å².